The molecule has 0 fully saturated rings. The van der Waals surface area contributed by atoms with E-state index in [0.29, 0.717) is 0 Å². The second-order valence-corrected chi connectivity index (χ2v) is 5.54. The van der Waals surface area contributed by atoms with Gasteiger partial charge in [-0.25, -0.2) is 0 Å². The summed E-state index contributed by atoms with van der Waals surface area (Å²) in [5.74, 6) is -0.260. The minimum Gasteiger partial charge on any atom is -0.495 e. The third-order valence-electron chi connectivity index (χ3n) is 3.79. The van der Waals surface area contributed by atoms with E-state index in [0.717, 1.165) is 28.6 Å². The van der Waals surface area contributed by atoms with E-state index in [9.17, 15) is 18.0 Å². The van der Waals surface area contributed by atoms with Crippen molar-refractivity contribution in [2.45, 2.75) is 12.6 Å². The van der Waals surface area contributed by atoms with Crippen LogP contribution in [0.4, 0.5) is 18.9 Å². The fourth-order valence-electron chi connectivity index (χ4n) is 2.57. The van der Waals surface area contributed by atoms with Gasteiger partial charge in [0.05, 0.1) is 24.8 Å². The minimum atomic E-state index is -4.50. The summed E-state index contributed by atoms with van der Waals surface area (Å²) >= 11 is 0. The smallest absolute Gasteiger partial charge is 0.416 e. The average Bonchev–Trinajstić information content (AvgIpc) is 3.01. The van der Waals surface area contributed by atoms with Crippen LogP contribution in [0, 0.1) is 0 Å². The summed E-state index contributed by atoms with van der Waals surface area (Å²) in [5.41, 5.74) is 0.778. The molecule has 0 aliphatic rings. The van der Waals surface area contributed by atoms with E-state index in [1.54, 1.807) is 12.3 Å². The predicted molar refractivity (Wildman–Crippen MR) is 88.6 cm³/mol. The number of methoxy groups -OCH3 is 1. The number of aromatic amines is 1. The Morgan fingerprint density at radius 3 is 2.68 bits per heavy atom. The van der Waals surface area contributed by atoms with Gasteiger partial charge in [0.2, 0.25) is 5.91 Å². The molecule has 25 heavy (non-hydrogen) atoms. The number of H-pyrrole nitrogens is 1. The van der Waals surface area contributed by atoms with Crippen LogP contribution < -0.4 is 10.1 Å². The first-order chi connectivity index (χ1) is 11.9. The summed E-state index contributed by atoms with van der Waals surface area (Å²) in [6, 6.07) is 10.4. The molecular weight excluding hydrogens is 333 g/mol. The molecule has 130 valence electrons. The molecule has 2 aromatic carbocycles. The Morgan fingerprint density at radius 2 is 1.96 bits per heavy atom. The van der Waals surface area contributed by atoms with Gasteiger partial charge in [0.1, 0.15) is 5.75 Å². The van der Waals surface area contributed by atoms with Crippen LogP contribution >= 0.6 is 0 Å². The maximum absolute atomic E-state index is 12.8. The van der Waals surface area contributed by atoms with Gasteiger partial charge in [0.25, 0.3) is 0 Å². The van der Waals surface area contributed by atoms with Gasteiger partial charge in [-0.15, -0.1) is 0 Å². The topological polar surface area (TPSA) is 54.1 Å². The predicted octanol–water partition coefficient (Wildman–Crippen LogP) is 4.38. The number of alkyl halides is 3. The molecule has 0 atom stereocenters. The number of halogens is 3. The highest BCUT2D eigenvalue weighted by atomic mass is 19.4. The Kier molecular flexibility index (Phi) is 4.39. The Bertz CT molecular complexity index is 916. The van der Waals surface area contributed by atoms with Gasteiger partial charge < -0.3 is 15.0 Å². The lowest BCUT2D eigenvalue weighted by atomic mass is 10.1. The average molecular weight is 348 g/mol. The van der Waals surface area contributed by atoms with Gasteiger partial charge in [0, 0.05) is 11.7 Å². The van der Waals surface area contributed by atoms with Gasteiger partial charge in [-0.05, 0) is 41.3 Å². The van der Waals surface area contributed by atoms with Crippen LogP contribution in [0.1, 0.15) is 11.1 Å². The molecule has 2 N–H and O–H groups in total. The van der Waals surface area contributed by atoms with Crippen molar-refractivity contribution in [3.63, 3.8) is 0 Å². The molecule has 3 rings (SSSR count). The molecule has 1 aromatic heterocycles. The first-order valence-electron chi connectivity index (χ1n) is 7.48. The number of benzene rings is 2. The number of amides is 1. The zero-order valence-corrected chi connectivity index (χ0v) is 13.3. The first kappa shape index (κ1) is 16.9. The number of aromatic nitrogens is 1. The molecule has 0 aliphatic heterocycles. The van der Waals surface area contributed by atoms with Crippen molar-refractivity contribution >= 4 is 22.5 Å². The second kappa shape index (κ2) is 6.51. The summed E-state index contributed by atoms with van der Waals surface area (Å²) in [6.07, 6.45) is -2.67. The number of fused-ring (bicyclic) bond motifs is 1. The molecule has 7 heteroatoms. The standard InChI is InChI=1S/C18H15F3N2O2/c1-25-16-5-4-13(18(19,20)21)10-15(16)23-17(24)9-11-2-3-12-6-7-22-14(12)8-11/h2-8,10,22H,9H2,1H3,(H,23,24). The van der Waals surface area contributed by atoms with Gasteiger partial charge in [0.15, 0.2) is 0 Å². The summed E-state index contributed by atoms with van der Waals surface area (Å²) in [4.78, 5) is 15.3. The van der Waals surface area contributed by atoms with E-state index >= 15 is 0 Å². The number of nitrogens with one attached hydrogen (secondary N) is 2. The summed E-state index contributed by atoms with van der Waals surface area (Å²) < 4.78 is 43.6. The molecule has 0 radical (unpaired) electrons. The number of rotatable bonds is 4. The molecule has 0 bridgehead atoms. The van der Waals surface area contributed by atoms with Crippen LogP contribution in [-0.4, -0.2) is 18.0 Å². The van der Waals surface area contributed by atoms with Gasteiger partial charge in [-0.1, -0.05) is 12.1 Å². The third-order valence-corrected chi connectivity index (χ3v) is 3.79. The number of ether oxygens (including phenoxy) is 1. The second-order valence-electron chi connectivity index (χ2n) is 5.54. The molecule has 0 saturated heterocycles. The Labute approximate surface area is 141 Å². The van der Waals surface area contributed by atoms with Crippen molar-refractivity contribution < 1.29 is 22.7 Å². The van der Waals surface area contributed by atoms with Crippen LogP contribution in [0.3, 0.4) is 0 Å². The van der Waals surface area contributed by atoms with Gasteiger partial charge in [-0.3, -0.25) is 4.79 Å². The molecule has 3 aromatic rings. The fraction of sp³-hybridized carbons (Fsp3) is 0.167. The van der Waals surface area contributed by atoms with E-state index in [1.165, 1.54) is 13.2 Å². The Balaban J connectivity index is 1.79. The zero-order chi connectivity index (χ0) is 18.0. The normalized spacial score (nSPS) is 11.5. The summed E-state index contributed by atoms with van der Waals surface area (Å²) in [6.45, 7) is 0. The number of carbonyl (C=O) groups is 1. The van der Waals surface area contributed by atoms with Crippen molar-refractivity contribution in [2.75, 3.05) is 12.4 Å². The summed E-state index contributed by atoms with van der Waals surface area (Å²) in [5, 5.41) is 3.51. The van der Waals surface area contributed by atoms with E-state index in [4.69, 9.17) is 4.74 Å². The highest BCUT2D eigenvalue weighted by molar-refractivity contribution is 5.94. The molecule has 0 unspecified atom stereocenters. The van der Waals surface area contributed by atoms with Crippen LogP contribution in [0.5, 0.6) is 5.75 Å². The van der Waals surface area contributed by atoms with Crippen LogP contribution in [0.25, 0.3) is 10.9 Å². The number of hydrogen-bond donors (Lipinski definition) is 2. The number of carbonyl (C=O) groups excluding carboxylic acids is 1. The first-order valence-corrected chi connectivity index (χ1v) is 7.48. The fourth-order valence-corrected chi connectivity index (χ4v) is 2.57. The molecule has 0 saturated carbocycles. The quantitative estimate of drug-likeness (QED) is 0.735. The van der Waals surface area contributed by atoms with Gasteiger partial charge in [-0.2, -0.15) is 13.2 Å². The van der Waals surface area contributed by atoms with Crippen molar-refractivity contribution in [2.24, 2.45) is 0 Å². The minimum absolute atomic E-state index is 0.0109. The number of hydrogen-bond acceptors (Lipinski definition) is 2. The molecule has 0 spiro atoms. The molecule has 1 amide bonds. The molecule has 0 aliphatic carbocycles. The Morgan fingerprint density at radius 1 is 1.16 bits per heavy atom. The lowest BCUT2D eigenvalue weighted by Crippen LogP contribution is -2.16. The maximum Gasteiger partial charge on any atom is 0.416 e. The highest BCUT2D eigenvalue weighted by Gasteiger charge is 2.31. The van der Waals surface area contributed by atoms with Crippen LogP contribution in [0.2, 0.25) is 0 Å². The van der Waals surface area contributed by atoms with Crippen molar-refractivity contribution in [1.82, 2.24) is 4.98 Å². The molecule has 1 heterocycles. The number of anilines is 1. The van der Waals surface area contributed by atoms with Crippen LogP contribution in [0.15, 0.2) is 48.7 Å². The molecule has 4 nitrogen and oxygen atoms in total. The van der Waals surface area contributed by atoms with Crippen molar-refractivity contribution in [3.8, 4) is 5.75 Å². The lowest BCUT2D eigenvalue weighted by molar-refractivity contribution is -0.137. The van der Waals surface area contributed by atoms with E-state index in [-0.39, 0.29) is 17.9 Å². The third kappa shape index (κ3) is 3.76. The van der Waals surface area contributed by atoms with Gasteiger partial charge >= 0.3 is 6.18 Å². The van der Waals surface area contributed by atoms with E-state index in [2.05, 4.69) is 10.3 Å². The SMILES string of the molecule is COc1ccc(C(F)(F)F)cc1NC(=O)Cc1ccc2cc[nH]c2c1. The van der Waals surface area contributed by atoms with Crippen molar-refractivity contribution in [1.29, 1.82) is 0 Å². The maximum atomic E-state index is 12.8. The lowest BCUT2D eigenvalue weighted by Gasteiger charge is -2.13. The largest absolute Gasteiger partial charge is 0.495 e. The van der Waals surface area contributed by atoms with Crippen LogP contribution in [-0.2, 0) is 17.4 Å². The zero-order valence-electron chi connectivity index (χ0n) is 13.3. The van der Waals surface area contributed by atoms with Crippen molar-refractivity contribution in [3.05, 3.63) is 59.8 Å². The van der Waals surface area contributed by atoms with E-state index < -0.39 is 17.6 Å². The van der Waals surface area contributed by atoms with E-state index in [1.807, 2.05) is 18.2 Å². The molecular formula is C18H15F3N2O2. The Hall–Kier alpha value is -2.96. The highest BCUT2D eigenvalue weighted by Crippen LogP contribution is 2.35. The summed E-state index contributed by atoms with van der Waals surface area (Å²) in [7, 11) is 1.33. The monoisotopic (exact) mass is 348 g/mol.